The van der Waals surface area contributed by atoms with Crippen molar-refractivity contribution in [2.24, 2.45) is 5.73 Å². The van der Waals surface area contributed by atoms with Gasteiger partial charge in [-0.2, -0.15) is 5.26 Å². The molecule has 0 aliphatic carbocycles. The molecule has 3 rings (SSSR count). The lowest BCUT2D eigenvalue weighted by Gasteiger charge is -2.04. The Morgan fingerprint density at radius 2 is 2.07 bits per heavy atom. The Kier molecular flexibility index (Phi) is 5.01. The Morgan fingerprint density at radius 3 is 2.74 bits per heavy atom. The number of primary amides is 1. The molecule has 2 aromatic carbocycles. The highest BCUT2D eigenvalue weighted by Crippen LogP contribution is 2.28. The van der Waals surface area contributed by atoms with Gasteiger partial charge in [0.25, 0.3) is 0 Å². The molecular formula is C21H18N4O2. The second-order valence-corrected chi connectivity index (χ2v) is 5.78. The Morgan fingerprint density at radius 1 is 1.26 bits per heavy atom. The van der Waals surface area contributed by atoms with Crippen molar-refractivity contribution < 1.29 is 9.53 Å². The van der Waals surface area contributed by atoms with E-state index in [4.69, 9.17) is 10.5 Å². The fourth-order valence-corrected chi connectivity index (χ4v) is 2.98. The zero-order valence-electron chi connectivity index (χ0n) is 15.0. The van der Waals surface area contributed by atoms with Gasteiger partial charge in [-0.25, -0.2) is 4.79 Å². The molecule has 0 spiro atoms. The van der Waals surface area contributed by atoms with Crippen molar-refractivity contribution >= 4 is 22.6 Å². The first-order chi connectivity index (χ1) is 13.1. The number of rotatable bonds is 3. The largest absolute Gasteiger partial charge is 0.497 e. The van der Waals surface area contributed by atoms with Crippen molar-refractivity contribution in [2.45, 2.75) is 13.5 Å². The van der Waals surface area contributed by atoms with E-state index in [2.05, 4.69) is 23.2 Å². The van der Waals surface area contributed by atoms with E-state index < -0.39 is 6.03 Å². The second-order valence-electron chi connectivity index (χ2n) is 5.78. The van der Waals surface area contributed by atoms with Gasteiger partial charge in [0.15, 0.2) is 0 Å². The van der Waals surface area contributed by atoms with Crippen LogP contribution in [0.5, 0.6) is 5.75 Å². The number of aromatic nitrogens is 1. The number of ether oxygens (including phenoxy) is 1. The highest BCUT2D eigenvalue weighted by molar-refractivity contribution is 5.90. The third-order valence-electron chi connectivity index (χ3n) is 4.16. The lowest BCUT2D eigenvalue weighted by molar-refractivity contribution is 0.259. The molecule has 0 unspecified atom stereocenters. The number of nitrogens with zero attached hydrogens (tertiary/aromatic N) is 2. The monoisotopic (exact) mass is 358 g/mol. The molecule has 0 saturated heterocycles. The molecule has 3 N–H and O–H groups in total. The maximum atomic E-state index is 11.0. The lowest BCUT2D eigenvalue weighted by atomic mass is 10.1. The molecule has 0 saturated carbocycles. The predicted octanol–water partition coefficient (Wildman–Crippen LogP) is 3.43. The number of anilines is 1. The van der Waals surface area contributed by atoms with E-state index in [-0.39, 0.29) is 0 Å². The van der Waals surface area contributed by atoms with Crippen molar-refractivity contribution in [3.63, 3.8) is 0 Å². The molecule has 6 nitrogen and oxygen atoms in total. The Bertz CT molecular complexity index is 1130. The Hall–Kier alpha value is -3.90. The summed E-state index contributed by atoms with van der Waals surface area (Å²) >= 11 is 0. The third-order valence-corrected chi connectivity index (χ3v) is 4.16. The number of fused-ring (bicyclic) bond motifs is 1. The zero-order valence-corrected chi connectivity index (χ0v) is 15.0. The average Bonchev–Trinajstić information content (AvgIpc) is 2.97. The van der Waals surface area contributed by atoms with Crippen LogP contribution in [0.4, 0.5) is 10.5 Å². The number of methoxy groups -OCH3 is 1. The van der Waals surface area contributed by atoms with Gasteiger partial charge in [0.1, 0.15) is 17.5 Å². The minimum Gasteiger partial charge on any atom is -0.497 e. The smallest absolute Gasteiger partial charge is 0.316 e. The van der Waals surface area contributed by atoms with E-state index in [1.807, 2.05) is 35.8 Å². The number of nitrogens with one attached hydrogen (secondary N) is 1. The van der Waals surface area contributed by atoms with Crippen LogP contribution in [-0.4, -0.2) is 17.7 Å². The highest BCUT2D eigenvalue weighted by atomic mass is 16.5. The van der Waals surface area contributed by atoms with Gasteiger partial charge in [-0.1, -0.05) is 12.0 Å². The van der Waals surface area contributed by atoms with E-state index in [1.54, 1.807) is 25.3 Å². The van der Waals surface area contributed by atoms with Gasteiger partial charge in [0.2, 0.25) is 0 Å². The summed E-state index contributed by atoms with van der Waals surface area (Å²) in [5.41, 5.74) is 8.51. The summed E-state index contributed by atoms with van der Waals surface area (Å²) < 4.78 is 7.30. The van der Waals surface area contributed by atoms with Gasteiger partial charge in [-0.15, -0.1) is 0 Å². The van der Waals surface area contributed by atoms with Crippen LogP contribution in [0, 0.1) is 23.2 Å². The summed E-state index contributed by atoms with van der Waals surface area (Å²) in [7, 11) is 1.61. The first-order valence-electron chi connectivity index (χ1n) is 8.36. The van der Waals surface area contributed by atoms with Crippen molar-refractivity contribution in [1.82, 2.24) is 4.57 Å². The Labute approximate surface area is 157 Å². The molecule has 0 atom stereocenters. The molecule has 6 heteroatoms. The molecule has 0 aliphatic heterocycles. The van der Waals surface area contributed by atoms with Gasteiger partial charge >= 0.3 is 6.03 Å². The van der Waals surface area contributed by atoms with E-state index >= 15 is 0 Å². The fraction of sp³-hybridized carbons (Fsp3) is 0.143. The van der Waals surface area contributed by atoms with Crippen molar-refractivity contribution in [1.29, 1.82) is 5.26 Å². The van der Waals surface area contributed by atoms with Gasteiger partial charge < -0.3 is 20.4 Å². The van der Waals surface area contributed by atoms with Crippen LogP contribution < -0.4 is 15.8 Å². The van der Waals surface area contributed by atoms with Crippen molar-refractivity contribution in [3.8, 4) is 23.7 Å². The number of amides is 2. The summed E-state index contributed by atoms with van der Waals surface area (Å²) in [6.07, 6.45) is 0. The number of carbonyl (C=O) groups is 1. The van der Waals surface area contributed by atoms with Crippen molar-refractivity contribution in [2.75, 3.05) is 12.4 Å². The number of aryl methyl sites for hydroxylation is 1. The standard InChI is InChI=1S/C21H18N4O2/c1-3-25-19(10-7-14-5-4-6-15(11-14)24-21(23)26)18(13-22)17-9-8-16(27-2)12-20(17)25/h4-6,8-9,11-12H,3H2,1-2H3,(H3,23,24,26). The van der Waals surface area contributed by atoms with Crippen LogP contribution in [0.15, 0.2) is 42.5 Å². The topological polar surface area (TPSA) is 93.1 Å². The highest BCUT2D eigenvalue weighted by Gasteiger charge is 2.15. The summed E-state index contributed by atoms with van der Waals surface area (Å²) in [5.74, 6) is 6.91. The molecule has 3 aromatic rings. The molecule has 2 amide bonds. The molecule has 0 fully saturated rings. The number of nitriles is 1. The second kappa shape index (κ2) is 7.55. The molecule has 0 aliphatic rings. The number of hydrogen-bond donors (Lipinski definition) is 2. The number of benzene rings is 2. The van der Waals surface area contributed by atoms with Gasteiger partial charge in [0.05, 0.1) is 18.2 Å². The van der Waals surface area contributed by atoms with Crippen LogP contribution in [0.3, 0.4) is 0 Å². The molecule has 1 heterocycles. The van der Waals surface area contributed by atoms with Crippen LogP contribution in [0.1, 0.15) is 23.7 Å². The Balaban J connectivity index is 2.12. The molecular weight excluding hydrogens is 340 g/mol. The van der Waals surface area contributed by atoms with Crippen LogP contribution in [0.2, 0.25) is 0 Å². The van der Waals surface area contributed by atoms with Crippen molar-refractivity contribution in [3.05, 3.63) is 59.3 Å². The van der Waals surface area contributed by atoms with Crippen LogP contribution in [-0.2, 0) is 6.54 Å². The van der Waals surface area contributed by atoms with Gasteiger partial charge in [-0.3, -0.25) is 0 Å². The quantitative estimate of drug-likeness (QED) is 0.703. The molecule has 27 heavy (non-hydrogen) atoms. The molecule has 1 aromatic heterocycles. The van der Waals surface area contributed by atoms with E-state index in [9.17, 15) is 10.1 Å². The molecule has 134 valence electrons. The van der Waals surface area contributed by atoms with Gasteiger partial charge in [0, 0.05) is 29.2 Å². The van der Waals surface area contributed by atoms with Crippen LogP contribution in [0.25, 0.3) is 10.9 Å². The third kappa shape index (κ3) is 3.56. The average molecular weight is 358 g/mol. The zero-order chi connectivity index (χ0) is 19.4. The normalized spacial score (nSPS) is 9.96. The number of urea groups is 1. The predicted molar refractivity (Wildman–Crippen MR) is 105 cm³/mol. The molecule has 0 bridgehead atoms. The number of carbonyl (C=O) groups excluding carboxylic acids is 1. The molecule has 0 radical (unpaired) electrons. The maximum Gasteiger partial charge on any atom is 0.316 e. The summed E-state index contributed by atoms with van der Waals surface area (Å²) in [5, 5.41) is 13.0. The number of hydrogen-bond acceptors (Lipinski definition) is 3. The van der Waals surface area contributed by atoms with Gasteiger partial charge in [-0.05, 0) is 43.2 Å². The van der Waals surface area contributed by atoms with Crippen LogP contribution >= 0.6 is 0 Å². The van der Waals surface area contributed by atoms with E-state index in [0.717, 1.165) is 16.7 Å². The number of nitrogens with two attached hydrogens (primary N) is 1. The first kappa shape index (κ1) is 17.9. The first-order valence-corrected chi connectivity index (χ1v) is 8.36. The summed E-state index contributed by atoms with van der Waals surface area (Å²) in [6, 6.07) is 14.3. The minimum atomic E-state index is -0.632. The summed E-state index contributed by atoms with van der Waals surface area (Å²) in [6.45, 7) is 2.67. The van der Waals surface area contributed by atoms with E-state index in [1.165, 1.54) is 0 Å². The lowest BCUT2D eigenvalue weighted by Crippen LogP contribution is -2.19. The maximum absolute atomic E-state index is 11.0. The summed E-state index contributed by atoms with van der Waals surface area (Å²) in [4.78, 5) is 11.0. The SMILES string of the molecule is CCn1c(C#Cc2cccc(NC(N)=O)c2)c(C#N)c2ccc(OC)cc21. The minimum absolute atomic E-state index is 0.536. The fourth-order valence-electron chi connectivity index (χ4n) is 2.98. The van der Waals surface area contributed by atoms with E-state index in [0.29, 0.717) is 29.1 Å².